The van der Waals surface area contributed by atoms with Crippen LogP contribution >= 0.6 is 0 Å². The fourth-order valence-corrected chi connectivity index (χ4v) is 1.55. The van der Waals surface area contributed by atoms with Gasteiger partial charge in [-0.2, -0.15) is 0 Å². The van der Waals surface area contributed by atoms with Gasteiger partial charge in [0, 0.05) is 13.2 Å². The summed E-state index contributed by atoms with van der Waals surface area (Å²) in [5, 5.41) is 6.17. The molecule has 1 amide bonds. The van der Waals surface area contributed by atoms with Crippen LogP contribution in [-0.2, 0) is 9.53 Å². The van der Waals surface area contributed by atoms with Crippen LogP contribution in [0.4, 0.5) is 0 Å². The Kier molecular flexibility index (Phi) is 5.65. The highest BCUT2D eigenvalue weighted by Crippen LogP contribution is 2.17. The number of methoxy groups -OCH3 is 1. The molecule has 0 aromatic carbocycles. The first-order valence-corrected chi connectivity index (χ1v) is 5.78. The Bertz CT molecular complexity index is 187. The maximum Gasteiger partial charge on any atom is 0.234 e. The van der Waals surface area contributed by atoms with Crippen molar-refractivity contribution < 1.29 is 9.53 Å². The van der Waals surface area contributed by atoms with Gasteiger partial charge in [0.25, 0.3) is 0 Å². The summed E-state index contributed by atoms with van der Waals surface area (Å²) in [6.07, 6.45) is 4.46. The van der Waals surface area contributed by atoms with E-state index in [1.165, 1.54) is 12.8 Å². The zero-order valence-electron chi connectivity index (χ0n) is 9.71. The molecule has 0 aromatic rings. The Morgan fingerprint density at radius 1 is 1.53 bits per heavy atom. The van der Waals surface area contributed by atoms with Crippen molar-refractivity contribution in [3.8, 4) is 0 Å². The third-order valence-corrected chi connectivity index (χ3v) is 2.50. The smallest absolute Gasteiger partial charge is 0.234 e. The number of rotatable bonds is 8. The first-order valence-electron chi connectivity index (χ1n) is 5.78. The van der Waals surface area contributed by atoms with Gasteiger partial charge in [0.1, 0.15) is 0 Å². The first kappa shape index (κ1) is 12.5. The largest absolute Gasteiger partial charge is 0.383 e. The second-order valence-corrected chi connectivity index (χ2v) is 4.16. The molecule has 1 aliphatic carbocycles. The van der Waals surface area contributed by atoms with E-state index < -0.39 is 0 Å². The topological polar surface area (TPSA) is 50.4 Å². The molecule has 1 aliphatic rings. The Morgan fingerprint density at radius 2 is 2.27 bits per heavy atom. The molecule has 1 atom stereocenters. The molecule has 0 aromatic heterocycles. The van der Waals surface area contributed by atoms with E-state index in [0.717, 1.165) is 12.8 Å². The molecule has 4 heteroatoms. The summed E-state index contributed by atoms with van der Waals surface area (Å²) >= 11 is 0. The minimum Gasteiger partial charge on any atom is -0.383 e. The van der Waals surface area contributed by atoms with E-state index in [9.17, 15) is 4.79 Å². The monoisotopic (exact) mass is 214 g/mol. The standard InChI is InChI=1S/C11H22N2O2/c1-3-4-10(8-15-2)13-11(14)7-12-9-5-6-9/h9-10,12H,3-8H2,1-2H3,(H,13,14). The Labute approximate surface area is 91.8 Å². The molecule has 0 spiro atoms. The molecule has 1 saturated carbocycles. The van der Waals surface area contributed by atoms with E-state index in [-0.39, 0.29) is 11.9 Å². The maximum atomic E-state index is 11.5. The van der Waals surface area contributed by atoms with Gasteiger partial charge < -0.3 is 15.4 Å². The summed E-state index contributed by atoms with van der Waals surface area (Å²) in [6.45, 7) is 3.15. The summed E-state index contributed by atoms with van der Waals surface area (Å²) in [6, 6.07) is 0.747. The summed E-state index contributed by atoms with van der Waals surface area (Å²) in [5.41, 5.74) is 0. The summed E-state index contributed by atoms with van der Waals surface area (Å²) in [5.74, 6) is 0.0809. The molecule has 1 unspecified atom stereocenters. The number of ether oxygens (including phenoxy) is 1. The van der Waals surface area contributed by atoms with E-state index in [4.69, 9.17) is 4.74 Å². The number of carbonyl (C=O) groups excluding carboxylic acids is 1. The van der Waals surface area contributed by atoms with Gasteiger partial charge in [-0.15, -0.1) is 0 Å². The van der Waals surface area contributed by atoms with Crippen LogP contribution in [0.25, 0.3) is 0 Å². The molecule has 0 aliphatic heterocycles. The lowest BCUT2D eigenvalue weighted by Crippen LogP contribution is -2.42. The average molecular weight is 214 g/mol. The second kappa shape index (κ2) is 6.80. The van der Waals surface area contributed by atoms with E-state index >= 15 is 0 Å². The Morgan fingerprint density at radius 3 is 2.80 bits per heavy atom. The third kappa shape index (κ3) is 5.74. The van der Waals surface area contributed by atoms with Crippen molar-refractivity contribution in [3.05, 3.63) is 0 Å². The SMILES string of the molecule is CCCC(COC)NC(=O)CNC1CC1. The molecular formula is C11H22N2O2. The van der Waals surface area contributed by atoms with Crippen LogP contribution in [0.1, 0.15) is 32.6 Å². The summed E-state index contributed by atoms with van der Waals surface area (Å²) < 4.78 is 5.06. The molecular weight excluding hydrogens is 192 g/mol. The minimum absolute atomic E-state index is 0.0809. The Hall–Kier alpha value is -0.610. The van der Waals surface area contributed by atoms with Gasteiger partial charge in [-0.25, -0.2) is 0 Å². The van der Waals surface area contributed by atoms with Crippen molar-refractivity contribution in [1.82, 2.24) is 10.6 Å². The molecule has 88 valence electrons. The van der Waals surface area contributed by atoms with Gasteiger partial charge in [-0.05, 0) is 19.3 Å². The highest BCUT2D eigenvalue weighted by molar-refractivity contribution is 5.78. The molecule has 1 fully saturated rings. The number of nitrogens with one attached hydrogen (secondary N) is 2. The van der Waals surface area contributed by atoms with Crippen LogP contribution in [0.5, 0.6) is 0 Å². The average Bonchev–Trinajstić information content (AvgIpc) is 2.99. The summed E-state index contributed by atoms with van der Waals surface area (Å²) in [7, 11) is 1.66. The molecule has 0 saturated heterocycles. The quantitative estimate of drug-likeness (QED) is 0.624. The van der Waals surface area contributed by atoms with Gasteiger partial charge in [-0.1, -0.05) is 13.3 Å². The van der Waals surface area contributed by atoms with Crippen LogP contribution in [-0.4, -0.2) is 38.3 Å². The molecule has 1 rings (SSSR count). The molecule has 0 heterocycles. The van der Waals surface area contributed by atoms with Crippen LogP contribution in [0.2, 0.25) is 0 Å². The van der Waals surface area contributed by atoms with Crippen LogP contribution in [0, 0.1) is 0 Å². The highest BCUT2D eigenvalue weighted by Gasteiger charge is 2.21. The third-order valence-electron chi connectivity index (χ3n) is 2.50. The number of hydrogen-bond acceptors (Lipinski definition) is 3. The molecule has 4 nitrogen and oxygen atoms in total. The highest BCUT2D eigenvalue weighted by atomic mass is 16.5. The van der Waals surface area contributed by atoms with Crippen molar-refractivity contribution in [2.45, 2.75) is 44.7 Å². The Balaban J connectivity index is 2.12. The van der Waals surface area contributed by atoms with Crippen molar-refractivity contribution in [2.75, 3.05) is 20.3 Å². The fourth-order valence-electron chi connectivity index (χ4n) is 1.55. The van der Waals surface area contributed by atoms with Crippen LogP contribution in [0.15, 0.2) is 0 Å². The molecule has 2 N–H and O–H groups in total. The zero-order chi connectivity index (χ0) is 11.1. The van der Waals surface area contributed by atoms with E-state index in [1.54, 1.807) is 7.11 Å². The predicted molar refractivity (Wildman–Crippen MR) is 59.7 cm³/mol. The van der Waals surface area contributed by atoms with Gasteiger partial charge in [0.15, 0.2) is 0 Å². The lowest BCUT2D eigenvalue weighted by Gasteiger charge is -2.17. The van der Waals surface area contributed by atoms with E-state index in [2.05, 4.69) is 17.6 Å². The molecule has 0 radical (unpaired) electrons. The number of carbonyl (C=O) groups is 1. The normalized spacial score (nSPS) is 17.5. The van der Waals surface area contributed by atoms with Gasteiger partial charge in [-0.3, -0.25) is 4.79 Å². The van der Waals surface area contributed by atoms with Crippen LogP contribution in [0.3, 0.4) is 0 Å². The van der Waals surface area contributed by atoms with E-state index in [0.29, 0.717) is 19.2 Å². The minimum atomic E-state index is 0.0809. The predicted octanol–water partition coefficient (Wildman–Crippen LogP) is 0.670. The lowest BCUT2D eigenvalue weighted by atomic mass is 10.2. The van der Waals surface area contributed by atoms with Gasteiger partial charge >= 0.3 is 0 Å². The fraction of sp³-hybridized carbons (Fsp3) is 0.909. The van der Waals surface area contributed by atoms with E-state index in [1.807, 2.05) is 0 Å². The zero-order valence-corrected chi connectivity index (χ0v) is 9.71. The first-order chi connectivity index (χ1) is 7.26. The van der Waals surface area contributed by atoms with Crippen molar-refractivity contribution >= 4 is 5.91 Å². The summed E-state index contributed by atoms with van der Waals surface area (Å²) in [4.78, 5) is 11.5. The van der Waals surface area contributed by atoms with Gasteiger partial charge in [0.05, 0.1) is 19.2 Å². The maximum absolute atomic E-state index is 11.5. The van der Waals surface area contributed by atoms with Crippen molar-refractivity contribution in [1.29, 1.82) is 0 Å². The number of hydrogen-bond donors (Lipinski definition) is 2. The number of amides is 1. The molecule has 0 bridgehead atoms. The molecule has 15 heavy (non-hydrogen) atoms. The van der Waals surface area contributed by atoms with Gasteiger partial charge in [0.2, 0.25) is 5.91 Å². The van der Waals surface area contributed by atoms with Crippen LogP contribution < -0.4 is 10.6 Å². The second-order valence-electron chi connectivity index (χ2n) is 4.16. The van der Waals surface area contributed by atoms with Crippen molar-refractivity contribution in [2.24, 2.45) is 0 Å². The lowest BCUT2D eigenvalue weighted by molar-refractivity contribution is -0.121. The van der Waals surface area contributed by atoms with Crippen molar-refractivity contribution in [3.63, 3.8) is 0 Å².